The van der Waals surface area contributed by atoms with E-state index in [0.717, 1.165) is 6.42 Å². The predicted octanol–water partition coefficient (Wildman–Crippen LogP) is 2.88. The Labute approximate surface area is 207 Å². The third kappa shape index (κ3) is 4.40. The van der Waals surface area contributed by atoms with Crippen LogP contribution in [0, 0.1) is 5.82 Å². The zero-order valence-corrected chi connectivity index (χ0v) is 20.7. The number of rotatable bonds is 8. The molecule has 5 rings (SSSR count). The molecule has 13 heteroatoms. The summed E-state index contributed by atoms with van der Waals surface area (Å²) < 4.78 is 54.7. The summed E-state index contributed by atoms with van der Waals surface area (Å²) in [6, 6.07) is 6.24. The summed E-state index contributed by atoms with van der Waals surface area (Å²) in [6.07, 6.45) is 5.63. The number of fused-ring (bicyclic) bond motifs is 1. The predicted molar refractivity (Wildman–Crippen MR) is 131 cm³/mol. The molecule has 0 saturated carbocycles. The number of ether oxygens (including phenoxy) is 1. The maximum absolute atomic E-state index is 14.0. The van der Waals surface area contributed by atoms with Crippen LogP contribution in [-0.4, -0.2) is 76.2 Å². The van der Waals surface area contributed by atoms with Gasteiger partial charge in [-0.05, 0) is 30.7 Å². The van der Waals surface area contributed by atoms with Crippen molar-refractivity contribution in [3.8, 4) is 28.4 Å². The Kier molecular flexibility index (Phi) is 6.60. The van der Waals surface area contributed by atoms with Crippen molar-refractivity contribution in [1.82, 2.24) is 28.0 Å². The molecule has 1 aliphatic heterocycles. The molecule has 1 N–H and O–H groups in total. The number of hydrogen-bond donors (Lipinski definition) is 1. The van der Waals surface area contributed by atoms with Crippen LogP contribution in [-0.2, 0) is 10.2 Å². The molecule has 0 radical (unpaired) electrons. The van der Waals surface area contributed by atoms with Gasteiger partial charge in [0.1, 0.15) is 17.7 Å². The average Bonchev–Trinajstić information content (AvgIpc) is 3.47. The second kappa shape index (κ2) is 9.84. The summed E-state index contributed by atoms with van der Waals surface area (Å²) in [5.41, 5.74) is 2.36. The van der Waals surface area contributed by atoms with Crippen molar-refractivity contribution in [3.05, 3.63) is 48.7 Å². The Morgan fingerprint density at radius 1 is 1.19 bits per heavy atom. The molecule has 0 unspecified atom stereocenters. The average molecular weight is 516 g/mol. The zero-order valence-electron chi connectivity index (χ0n) is 19.9. The van der Waals surface area contributed by atoms with Crippen LogP contribution in [0.1, 0.15) is 13.3 Å². The molecule has 190 valence electrons. The monoisotopic (exact) mass is 515 g/mol. The van der Waals surface area contributed by atoms with E-state index in [9.17, 15) is 12.8 Å². The molecule has 4 heterocycles. The summed E-state index contributed by atoms with van der Waals surface area (Å²) in [6.45, 7) is 3.96. The molecule has 3 aromatic heterocycles. The first kappa shape index (κ1) is 24.2. The lowest BCUT2D eigenvalue weighted by Crippen LogP contribution is -2.50. The van der Waals surface area contributed by atoms with E-state index < -0.39 is 16.0 Å². The van der Waals surface area contributed by atoms with E-state index in [1.165, 1.54) is 28.0 Å². The van der Waals surface area contributed by atoms with Crippen LogP contribution in [0.15, 0.2) is 47.3 Å². The highest BCUT2D eigenvalue weighted by Crippen LogP contribution is 2.34. The van der Waals surface area contributed by atoms with Gasteiger partial charge in [0.25, 0.3) is 10.2 Å². The molecule has 0 atom stereocenters. The van der Waals surface area contributed by atoms with Crippen LogP contribution in [0.4, 0.5) is 10.3 Å². The van der Waals surface area contributed by atoms with Crippen LogP contribution in [0.2, 0.25) is 0 Å². The quantitative estimate of drug-likeness (QED) is 0.381. The summed E-state index contributed by atoms with van der Waals surface area (Å²) >= 11 is 0. The van der Waals surface area contributed by atoms with E-state index in [4.69, 9.17) is 9.15 Å². The van der Waals surface area contributed by atoms with Gasteiger partial charge in [-0.25, -0.2) is 14.4 Å². The summed E-state index contributed by atoms with van der Waals surface area (Å²) in [4.78, 5) is 13.5. The minimum atomic E-state index is -3.45. The van der Waals surface area contributed by atoms with Crippen LogP contribution in [0.3, 0.4) is 0 Å². The molecule has 1 aromatic carbocycles. The van der Waals surface area contributed by atoms with E-state index in [0.29, 0.717) is 67.2 Å². The molecule has 1 aliphatic rings. The van der Waals surface area contributed by atoms with Gasteiger partial charge in [-0.3, -0.25) is 4.40 Å². The lowest BCUT2D eigenvalue weighted by molar-refractivity contribution is 0.295. The SMILES string of the molecule is CCN1CCCN(CCNc2nccc(-c3c(-c4ccc(F)c(OC)c4)nc4occn34)n2)S1(=O)=O. The van der Waals surface area contributed by atoms with Crippen molar-refractivity contribution in [2.75, 3.05) is 45.2 Å². The summed E-state index contributed by atoms with van der Waals surface area (Å²) in [5.74, 6) is 0.321. The Bertz CT molecular complexity index is 1490. The van der Waals surface area contributed by atoms with E-state index in [-0.39, 0.29) is 5.75 Å². The Hall–Kier alpha value is -3.55. The fourth-order valence-electron chi connectivity index (χ4n) is 4.27. The van der Waals surface area contributed by atoms with Gasteiger partial charge in [0.2, 0.25) is 5.95 Å². The van der Waals surface area contributed by atoms with Crippen molar-refractivity contribution in [2.45, 2.75) is 13.3 Å². The van der Waals surface area contributed by atoms with Gasteiger partial charge in [-0.2, -0.15) is 22.0 Å². The van der Waals surface area contributed by atoms with Crippen LogP contribution < -0.4 is 10.1 Å². The molecule has 11 nitrogen and oxygen atoms in total. The van der Waals surface area contributed by atoms with Gasteiger partial charge in [0.05, 0.1) is 12.8 Å². The molecular formula is C23H26FN7O4S. The first-order valence-corrected chi connectivity index (χ1v) is 12.9. The molecular weight excluding hydrogens is 489 g/mol. The fraction of sp³-hybridized carbons (Fsp3) is 0.348. The number of methoxy groups -OCH3 is 1. The minimum Gasteiger partial charge on any atom is -0.494 e. The molecule has 1 saturated heterocycles. The van der Waals surface area contributed by atoms with Crippen LogP contribution in [0.5, 0.6) is 5.75 Å². The lowest BCUT2D eigenvalue weighted by atomic mass is 10.1. The van der Waals surface area contributed by atoms with Gasteiger partial charge < -0.3 is 14.5 Å². The van der Waals surface area contributed by atoms with Gasteiger partial charge in [0, 0.05) is 50.7 Å². The molecule has 0 amide bonds. The number of anilines is 1. The van der Waals surface area contributed by atoms with E-state index in [1.54, 1.807) is 35.0 Å². The van der Waals surface area contributed by atoms with Crippen molar-refractivity contribution in [2.24, 2.45) is 0 Å². The number of hydrogen-bond acceptors (Lipinski definition) is 8. The number of imidazole rings is 1. The lowest BCUT2D eigenvalue weighted by Gasteiger charge is -2.33. The molecule has 0 spiro atoms. The number of oxazole rings is 1. The number of aromatic nitrogens is 4. The van der Waals surface area contributed by atoms with E-state index in [2.05, 4.69) is 20.3 Å². The fourth-order valence-corrected chi connectivity index (χ4v) is 5.97. The van der Waals surface area contributed by atoms with Crippen LogP contribution >= 0.6 is 0 Å². The highest BCUT2D eigenvalue weighted by Gasteiger charge is 2.31. The summed E-state index contributed by atoms with van der Waals surface area (Å²) in [7, 11) is -2.05. The van der Waals surface area contributed by atoms with Gasteiger partial charge in [0.15, 0.2) is 11.6 Å². The number of nitrogens with one attached hydrogen (secondary N) is 1. The molecule has 0 aliphatic carbocycles. The zero-order chi connectivity index (χ0) is 25.3. The highest BCUT2D eigenvalue weighted by atomic mass is 32.2. The van der Waals surface area contributed by atoms with E-state index >= 15 is 0 Å². The van der Waals surface area contributed by atoms with Crippen molar-refractivity contribution >= 4 is 22.0 Å². The Morgan fingerprint density at radius 2 is 2.03 bits per heavy atom. The number of benzene rings is 1. The molecule has 36 heavy (non-hydrogen) atoms. The maximum Gasteiger partial charge on any atom is 0.306 e. The van der Waals surface area contributed by atoms with Crippen molar-refractivity contribution in [3.63, 3.8) is 0 Å². The first-order chi connectivity index (χ1) is 17.4. The van der Waals surface area contributed by atoms with Crippen molar-refractivity contribution in [1.29, 1.82) is 0 Å². The largest absolute Gasteiger partial charge is 0.494 e. The normalized spacial score (nSPS) is 16.4. The van der Waals surface area contributed by atoms with Gasteiger partial charge in [-0.15, -0.1) is 0 Å². The third-order valence-corrected chi connectivity index (χ3v) is 8.16. The van der Waals surface area contributed by atoms with E-state index in [1.807, 2.05) is 6.92 Å². The molecule has 1 fully saturated rings. The first-order valence-electron chi connectivity index (χ1n) is 11.5. The summed E-state index contributed by atoms with van der Waals surface area (Å²) in [5, 5.41) is 3.12. The topological polar surface area (TPSA) is 118 Å². The second-order valence-corrected chi connectivity index (χ2v) is 10.1. The smallest absolute Gasteiger partial charge is 0.306 e. The highest BCUT2D eigenvalue weighted by molar-refractivity contribution is 7.86. The maximum atomic E-state index is 14.0. The van der Waals surface area contributed by atoms with Crippen LogP contribution in [0.25, 0.3) is 28.5 Å². The number of halogens is 1. The van der Waals surface area contributed by atoms with Gasteiger partial charge in [-0.1, -0.05) is 6.92 Å². The molecule has 0 bridgehead atoms. The Morgan fingerprint density at radius 3 is 2.83 bits per heavy atom. The molecule has 4 aromatic rings. The van der Waals surface area contributed by atoms with Crippen molar-refractivity contribution < 1.29 is 22.0 Å². The number of nitrogens with zero attached hydrogens (tertiary/aromatic N) is 6. The third-order valence-electron chi connectivity index (χ3n) is 6.05. The standard InChI is InChI=1S/C23H26FN7O4S/c1-3-29-10-4-11-30(36(29,32)33)12-9-26-22-25-8-7-18(27-22)21-20(28-23-31(21)13-14-35-23)16-5-6-17(24)19(15-16)34-2/h5-8,13-15H,3-4,9-12H2,1-2H3,(H,25,26,27). The Balaban J connectivity index is 1.41. The van der Waals surface area contributed by atoms with Gasteiger partial charge >= 0.3 is 5.84 Å². The second-order valence-electron chi connectivity index (χ2n) is 8.16. The minimum absolute atomic E-state index is 0.0995.